The maximum atomic E-state index is 12.7. The van der Waals surface area contributed by atoms with Gasteiger partial charge in [-0.15, -0.1) is 6.42 Å². The quantitative estimate of drug-likeness (QED) is 0.608. The van der Waals surface area contributed by atoms with Crippen LogP contribution in [-0.4, -0.2) is 6.61 Å². The summed E-state index contributed by atoms with van der Waals surface area (Å²) in [6.07, 6.45) is 5.00. The van der Waals surface area contributed by atoms with Crippen LogP contribution in [0.25, 0.3) is 0 Å². The largest absolute Gasteiger partial charge is 0.481 e. The normalized spacial score (nSPS) is 9.08. The van der Waals surface area contributed by atoms with Crippen LogP contribution < -0.4 is 4.74 Å². The molecule has 0 aliphatic rings. The van der Waals surface area contributed by atoms with Gasteiger partial charge in [-0.1, -0.05) is 5.92 Å². The Bertz CT molecular complexity index is 312. The average molecular weight is 164 g/mol. The fourth-order valence-corrected chi connectivity index (χ4v) is 0.832. The summed E-state index contributed by atoms with van der Waals surface area (Å²) in [6, 6.07) is 4.54. The van der Waals surface area contributed by atoms with E-state index in [1.165, 1.54) is 6.07 Å². The van der Waals surface area contributed by atoms with Crippen molar-refractivity contribution in [3.63, 3.8) is 0 Å². The molecule has 0 atom stereocenters. The number of ether oxygens (including phenoxy) is 1. The molecule has 2 heteroatoms. The maximum Gasteiger partial charge on any atom is 0.148 e. The van der Waals surface area contributed by atoms with E-state index in [0.29, 0.717) is 11.3 Å². The lowest BCUT2D eigenvalue weighted by Gasteiger charge is -2.02. The lowest BCUT2D eigenvalue weighted by atomic mass is 10.2. The molecule has 0 aromatic heterocycles. The van der Waals surface area contributed by atoms with Crippen molar-refractivity contribution >= 4 is 0 Å². The van der Waals surface area contributed by atoms with Crippen LogP contribution >= 0.6 is 0 Å². The second kappa shape index (κ2) is 3.77. The molecule has 0 aliphatic heterocycles. The Morgan fingerprint density at radius 1 is 1.58 bits per heavy atom. The summed E-state index contributed by atoms with van der Waals surface area (Å²) >= 11 is 0. The van der Waals surface area contributed by atoms with Crippen LogP contribution in [0.5, 0.6) is 5.75 Å². The summed E-state index contributed by atoms with van der Waals surface area (Å²) in [5, 5.41) is 0. The number of benzene rings is 1. The molecule has 0 bridgehead atoms. The minimum absolute atomic E-state index is 0.213. The molecular weight excluding hydrogens is 155 g/mol. The Labute approximate surface area is 71.2 Å². The molecule has 1 nitrogen and oxygen atoms in total. The van der Waals surface area contributed by atoms with Crippen LogP contribution in [0.15, 0.2) is 18.2 Å². The molecule has 0 radical (unpaired) electrons. The maximum absolute atomic E-state index is 12.7. The molecule has 0 amide bonds. The molecular formula is C10H9FO. The van der Waals surface area contributed by atoms with Gasteiger partial charge in [-0.05, 0) is 30.7 Å². The smallest absolute Gasteiger partial charge is 0.148 e. The first-order valence-electron chi connectivity index (χ1n) is 3.56. The predicted octanol–water partition coefficient (Wildman–Crippen LogP) is 2.15. The van der Waals surface area contributed by atoms with Gasteiger partial charge in [0.05, 0.1) is 0 Å². The van der Waals surface area contributed by atoms with Gasteiger partial charge in [0.25, 0.3) is 0 Å². The third-order valence-corrected chi connectivity index (χ3v) is 1.45. The standard InChI is InChI=1S/C10H9FO/c1-3-6-12-9-4-5-10(11)8(2)7-9/h1,4-5,7H,6H2,2H3. The number of terminal acetylenes is 1. The second-order valence-corrected chi connectivity index (χ2v) is 2.40. The predicted molar refractivity (Wildman–Crippen MR) is 45.5 cm³/mol. The molecule has 0 aliphatic carbocycles. The fourth-order valence-electron chi connectivity index (χ4n) is 0.832. The van der Waals surface area contributed by atoms with Crippen LogP contribution in [0.1, 0.15) is 5.56 Å². The van der Waals surface area contributed by atoms with Gasteiger partial charge in [0.1, 0.15) is 18.2 Å². The summed E-state index contributed by atoms with van der Waals surface area (Å²) in [5.41, 5.74) is 0.560. The van der Waals surface area contributed by atoms with Gasteiger partial charge in [0, 0.05) is 0 Å². The Morgan fingerprint density at radius 2 is 2.33 bits per heavy atom. The highest BCUT2D eigenvalue weighted by Crippen LogP contribution is 2.15. The van der Waals surface area contributed by atoms with Crippen LogP contribution in [0, 0.1) is 25.1 Å². The van der Waals surface area contributed by atoms with E-state index in [2.05, 4.69) is 5.92 Å². The Balaban J connectivity index is 2.77. The zero-order chi connectivity index (χ0) is 8.97. The Kier molecular flexibility index (Phi) is 2.71. The van der Waals surface area contributed by atoms with Gasteiger partial charge in [-0.3, -0.25) is 0 Å². The first-order chi connectivity index (χ1) is 5.74. The Morgan fingerprint density at radius 3 is 2.92 bits per heavy atom. The molecule has 0 fully saturated rings. The molecule has 0 N–H and O–H groups in total. The SMILES string of the molecule is C#CCOc1ccc(F)c(C)c1. The number of rotatable bonds is 2. The Hall–Kier alpha value is -1.49. The van der Waals surface area contributed by atoms with Crippen molar-refractivity contribution in [2.75, 3.05) is 6.61 Å². The summed E-state index contributed by atoms with van der Waals surface area (Å²) in [4.78, 5) is 0. The summed E-state index contributed by atoms with van der Waals surface area (Å²) < 4.78 is 17.8. The van der Waals surface area contributed by atoms with E-state index in [9.17, 15) is 4.39 Å². The first-order valence-corrected chi connectivity index (χ1v) is 3.56. The van der Waals surface area contributed by atoms with Crippen molar-refractivity contribution in [2.45, 2.75) is 6.92 Å². The molecule has 0 saturated heterocycles. The molecule has 0 unspecified atom stereocenters. The van der Waals surface area contributed by atoms with Gasteiger partial charge in [-0.25, -0.2) is 4.39 Å². The third-order valence-electron chi connectivity index (χ3n) is 1.45. The number of hydrogen-bond acceptors (Lipinski definition) is 1. The van der Waals surface area contributed by atoms with E-state index in [0.717, 1.165) is 0 Å². The highest BCUT2D eigenvalue weighted by atomic mass is 19.1. The van der Waals surface area contributed by atoms with Crippen molar-refractivity contribution in [1.82, 2.24) is 0 Å². The van der Waals surface area contributed by atoms with E-state index in [1.807, 2.05) is 0 Å². The van der Waals surface area contributed by atoms with Crippen molar-refractivity contribution < 1.29 is 9.13 Å². The van der Waals surface area contributed by atoms with Gasteiger partial charge in [0.2, 0.25) is 0 Å². The van der Waals surface area contributed by atoms with E-state index >= 15 is 0 Å². The van der Waals surface area contributed by atoms with Crippen molar-refractivity contribution in [2.24, 2.45) is 0 Å². The minimum Gasteiger partial charge on any atom is -0.481 e. The molecule has 1 rings (SSSR count). The van der Waals surface area contributed by atoms with Crippen molar-refractivity contribution in [1.29, 1.82) is 0 Å². The molecule has 12 heavy (non-hydrogen) atoms. The highest BCUT2D eigenvalue weighted by Gasteiger charge is 1.98. The van der Waals surface area contributed by atoms with Crippen molar-refractivity contribution in [3.05, 3.63) is 29.6 Å². The topological polar surface area (TPSA) is 9.23 Å². The van der Waals surface area contributed by atoms with Gasteiger partial charge < -0.3 is 4.74 Å². The summed E-state index contributed by atoms with van der Waals surface area (Å²) in [5.74, 6) is 2.70. The van der Waals surface area contributed by atoms with E-state index in [1.54, 1.807) is 19.1 Å². The van der Waals surface area contributed by atoms with Crippen LogP contribution in [0.4, 0.5) is 4.39 Å². The van der Waals surface area contributed by atoms with Crippen molar-refractivity contribution in [3.8, 4) is 18.1 Å². The average Bonchev–Trinajstić information content (AvgIpc) is 2.07. The van der Waals surface area contributed by atoms with E-state index in [4.69, 9.17) is 11.2 Å². The number of aryl methyl sites for hydroxylation is 1. The number of hydrogen-bond donors (Lipinski definition) is 0. The zero-order valence-electron chi connectivity index (χ0n) is 6.80. The van der Waals surface area contributed by atoms with Crippen LogP contribution in [0.2, 0.25) is 0 Å². The van der Waals surface area contributed by atoms with Gasteiger partial charge >= 0.3 is 0 Å². The number of halogens is 1. The minimum atomic E-state index is -0.233. The molecule has 0 heterocycles. The van der Waals surface area contributed by atoms with Crippen LogP contribution in [0.3, 0.4) is 0 Å². The lowest BCUT2D eigenvalue weighted by Crippen LogP contribution is -1.94. The lowest BCUT2D eigenvalue weighted by molar-refractivity contribution is 0.369. The molecule has 1 aromatic carbocycles. The molecule has 1 aromatic rings. The summed E-state index contributed by atoms with van der Waals surface area (Å²) in [7, 11) is 0. The van der Waals surface area contributed by atoms with E-state index < -0.39 is 0 Å². The molecule has 0 spiro atoms. The zero-order valence-corrected chi connectivity index (χ0v) is 6.80. The highest BCUT2D eigenvalue weighted by molar-refractivity contribution is 5.29. The van der Waals surface area contributed by atoms with Gasteiger partial charge in [-0.2, -0.15) is 0 Å². The first kappa shape index (κ1) is 8.61. The molecule has 0 saturated carbocycles. The van der Waals surface area contributed by atoms with Gasteiger partial charge in [0.15, 0.2) is 0 Å². The van der Waals surface area contributed by atoms with E-state index in [-0.39, 0.29) is 12.4 Å². The van der Waals surface area contributed by atoms with Crippen LogP contribution in [-0.2, 0) is 0 Å². The monoisotopic (exact) mass is 164 g/mol. The third kappa shape index (κ3) is 2.00. The molecule has 62 valence electrons. The second-order valence-electron chi connectivity index (χ2n) is 2.40. The fraction of sp³-hybridized carbons (Fsp3) is 0.200. The summed E-state index contributed by atoms with van der Waals surface area (Å²) in [6.45, 7) is 1.89.